The van der Waals surface area contributed by atoms with Gasteiger partial charge in [0.05, 0.1) is 13.1 Å². The van der Waals surface area contributed by atoms with Crippen molar-refractivity contribution in [3.8, 4) is 0 Å². The first kappa shape index (κ1) is 29.3. The van der Waals surface area contributed by atoms with E-state index in [2.05, 4.69) is 4.90 Å². The molecule has 0 spiro atoms. The zero-order valence-electron chi connectivity index (χ0n) is 23.5. The highest BCUT2D eigenvalue weighted by molar-refractivity contribution is 5.50. The van der Waals surface area contributed by atoms with Crippen LogP contribution >= 0.6 is 0 Å². The van der Waals surface area contributed by atoms with Crippen LogP contribution in [0.25, 0.3) is 0 Å². The van der Waals surface area contributed by atoms with Crippen molar-refractivity contribution in [2.24, 2.45) is 5.73 Å². The summed E-state index contributed by atoms with van der Waals surface area (Å²) in [5.41, 5.74) is 7.48. The van der Waals surface area contributed by atoms with E-state index in [0.29, 0.717) is 37.6 Å². The molecule has 2 heterocycles. The predicted octanol–water partition coefficient (Wildman–Crippen LogP) is 3.85. The molecule has 4 aromatic rings. The Morgan fingerprint density at radius 2 is 1.45 bits per heavy atom. The lowest BCUT2D eigenvalue weighted by Crippen LogP contribution is -2.52. The highest BCUT2D eigenvalue weighted by Crippen LogP contribution is 2.20. The molecule has 1 fully saturated rings. The maximum Gasteiger partial charge on any atom is 0.331 e. The molecule has 0 amide bonds. The maximum absolute atomic E-state index is 14.6. The quantitative estimate of drug-likeness (QED) is 0.327. The average molecular weight is 578 g/mol. The van der Waals surface area contributed by atoms with Crippen LogP contribution in [0.3, 0.4) is 0 Å². The van der Waals surface area contributed by atoms with Crippen molar-refractivity contribution in [3.05, 3.63) is 133 Å². The summed E-state index contributed by atoms with van der Waals surface area (Å²) in [4.78, 5) is 31.8. The van der Waals surface area contributed by atoms with Gasteiger partial charge in [-0.3, -0.25) is 18.8 Å². The largest absolute Gasteiger partial charge is 0.363 e. The van der Waals surface area contributed by atoms with Gasteiger partial charge in [-0.05, 0) is 48.7 Å². The number of rotatable bonds is 9. The summed E-state index contributed by atoms with van der Waals surface area (Å²) in [6.45, 7) is 4.35. The number of piperazine rings is 1. The smallest absolute Gasteiger partial charge is 0.331 e. The zero-order chi connectivity index (χ0) is 29.8. The van der Waals surface area contributed by atoms with E-state index in [4.69, 9.17) is 5.73 Å². The fourth-order valence-corrected chi connectivity index (χ4v) is 5.47. The Morgan fingerprint density at radius 1 is 0.810 bits per heavy atom. The van der Waals surface area contributed by atoms with Gasteiger partial charge in [0.1, 0.15) is 23.1 Å². The van der Waals surface area contributed by atoms with E-state index < -0.39 is 28.9 Å². The number of aromatic nitrogens is 2. The highest BCUT2D eigenvalue weighted by Gasteiger charge is 2.26. The third-order valence-corrected chi connectivity index (χ3v) is 7.96. The minimum Gasteiger partial charge on any atom is -0.363 e. The van der Waals surface area contributed by atoms with Crippen molar-refractivity contribution in [1.29, 1.82) is 0 Å². The Balaban J connectivity index is 1.45. The van der Waals surface area contributed by atoms with Gasteiger partial charge < -0.3 is 10.6 Å². The van der Waals surface area contributed by atoms with Crippen LogP contribution in [0.1, 0.15) is 28.4 Å². The van der Waals surface area contributed by atoms with Gasteiger partial charge in [0.25, 0.3) is 5.56 Å². The lowest BCUT2D eigenvalue weighted by molar-refractivity contribution is 0.260. The highest BCUT2D eigenvalue weighted by atomic mass is 19.1. The SMILES string of the molecule is Cc1c(N2CCN(CCc3ccc(F)cc3)CC2)c(=O)n(CC(N)c2ccccc2)c(=O)n1Cc1c(F)cccc1F. The first-order valence-electron chi connectivity index (χ1n) is 14.0. The van der Waals surface area contributed by atoms with Gasteiger partial charge in [-0.1, -0.05) is 48.5 Å². The number of nitrogens with zero attached hydrogens (tertiary/aromatic N) is 4. The Hall–Kier alpha value is -4.15. The van der Waals surface area contributed by atoms with Gasteiger partial charge in [-0.25, -0.2) is 18.0 Å². The number of nitrogens with two attached hydrogens (primary N) is 1. The Bertz CT molecular complexity index is 1630. The molecular weight excluding hydrogens is 543 g/mol. The van der Waals surface area contributed by atoms with Gasteiger partial charge in [0.2, 0.25) is 0 Å². The molecule has 1 aromatic heterocycles. The monoisotopic (exact) mass is 577 g/mol. The zero-order valence-corrected chi connectivity index (χ0v) is 23.5. The number of hydrogen-bond donors (Lipinski definition) is 1. The molecule has 1 aliphatic heterocycles. The molecule has 0 aliphatic carbocycles. The van der Waals surface area contributed by atoms with E-state index in [1.54, 1.807) is 19.1 Å². The molecular formula is C32H34F3N5O2. The van der Waals surface area contributed by atoms with Gasteiger partial charge >= 0.3 is 5.69 Å². The van der Waals surface area contributed by atoms with Crippen molar-refractivity contribution in [2.75, 3.05) is 37.6 Å². The fourth-order valence-electron chi connectivity index (χ4n) is 5.47. The normalized spacial score (nSPS) is 14.7. The van der Waals surface area contributed by atoms with E-state index in [1.807, 2.05) is 35.2 Å². The van der Waals surface area contributed by atoms with Crippen LogP contribution in [0.5, 0.6) is 0 Å². The summed E-state index contributed by atoms with van der Waals surface area (Å²) < 4.78 is 44.9. The minimum absolute atomic E-state index is 0.0909. The molecule has 42 heavy (non-hydrogen) atoms. The number of halogens is 3. The van der Waals surface area contributed by atoms with Crippen LogP contribution in [0.2, 0.25) is 0 Å². The third-order valence-electron chi connectivity index (χ3n) is 7.96. The second-order valence-electron chi connectivity index (χ2n) is 10.6. The van der Waals surface area contributed by atoms with Crippen molar-refractivity contribution in [2.45, 2.75) is 32.5 Å². The number of anilines is 1. The van der Waals surface area contributed by atoms with E-state index in [0.717, 1.165) is 40.8 Å². The molecule has 220 valence electrons. The van der Waals surface area contributed by atoms with Crippen LogP contribution in [-0.4, -0.2) is 46.8 Å². The lowest BCUT2D eigenvalue weighted by atomic mass is 10.1. The van der Waals surface area contributed by atoms with Crippen molar-refractivity contribution in [1.82, 2.24) is 14.0 Å². The Labute approximate surface area is 242 Å². The standard InChI is InChI=1S/C32H34F3N5O2/c1-22-30(38-18-16-37(17-19-38)15-14-23-10-12-25(33)13-11-23)31(41)40(21-29(36)24-6-3-2-4-7-24)32(42)39(22)20-26-27(34)8-5-9-28(26)35/h2-13,29H,14-21,36H2,1H3. The molecule has 1 atom stereocenters. The van der Waals surface area contributed by atoms with E-state index in [-0.39, 0.29) is 24.5 Å². The molecule has 1 aliphatic rings. The van der Waals surface area contributed by atoms with Crippen molar-refractivity contribution < 1.29 is 13.2 Å². The average Bonchev–Trinajstić information content (AvgIpc) is 2.99. The first-order valence-corrected chi connectivity index (χ1v) is 14.0. The molecule has 5 rings (SSSR count). The van der Waals surface area contributed by atoms with Crippen molar-refractivity contribution >= 4 is 5.69 Å². The second-order valence-corrected chi connectivity index (χ2v) is 10.6. The minimum atomic E-state index is -0.767. The van der Waals surface area contributed by atoms with Crippen LogP contribution in [0.4, 0.5) is 18.9 Å². The summed E-state index contributed by atoms with van der Waals surface area (Å²) in [5, 5.41) is 0. The maximum atomic E-state index is 14.6. The molecule has 2 N–H and O–H groups in total. The third kappa shape index (κ3) is 6.34. The van der Waals surface area contributed by atoms with Gasteiger partial charge in [-0.2, -0.15) is 0 Å². The van der Waals surface area contributed by atoms with Crippen LogP contribution in [-0.2, 0) is 19.5 Å². The molecule has 0 bridgehead atoms. The van der Waals surface area contributed by atoms with E-state index in [1.165, 1.54) is 22.8 Å². The molecule has 1 saturated heterocycles. The second kappa shape index (κ2) is 12.8. The van der Waals surface area contributed by atoms with Crippen LogP contribution < -0.4 is 21.9 Å². The summed E-state index contributed by atoms with van der Waals surface area (Å²) in [6.07, 6.45) is 0.766. The lowest BCUT2D eigenvalue weighted by Gasteiger charge is -2.37. The first-order chi connectivity index (χ1) is 20.2. The summed E-state index contributed by atoms with van der Waals surface area (Å²) in [5.74, 6) is -1.80. The van der Waals surface area contributed by atoms with Crippen molar-refractivity contribution in [3.63, 3.8) is 0 Å². The summed E-state index contributed by atoms with van der Waals surface area (Å²) in [7, 11) is 0. The van der Waals surface area contributed by atoms with E-state index in [9.17, 15) is 22.8 Å². The summed E-state index contributed by atoms with van der Waals surface area (Å²) >= 11 is 0. The number of benzene rings is 3. The summed E-state index contributed by atoms with van der Waals surface area (Å²) in [6, 6.07) is 18.5. The Morgan fingerprint density at radius 3 is 2.10 bits per heavy atom. The molecule has 10 heteroatoms. The van der Waals surface area contributed by atoms with Crippen LogP contribution in [0.15, 0.2) is 82.4 Å². The predicted molar refractivity (Wildman–Crippen MR) is 157 cm³/mol. The van der Waals surface area contributed by atoms with Gasteiger partial charge in [-0.15, -0.1) is 0 Å². The Kier molecular flexibility index (Phi) is 8.94. The van der Waals surface area contributed by atoms with Crippen LogP contribution in [0, 0.1) is 24.4 Å². The molecule has 0 saturated carbocycles. The molecule has 1 unspecified atom stereocenters. The molecule has 0 radical (unpaired) electrons. The van der Waals surface area contributed by atoms with Gasteiger partial charge in [0.15, 0.2) is 0 Å². The number of hydrogen-bond acceptors (Lipinski definition) is 5. The molecule has 7 nitrogen and oxygen atoms in total. The van der Waals surface area contributed by atoms with E-state index >= 15 is 0 Å². The topological polar surface area (TPSA) is 76.5 Å². The fraction of sp³-hybridized carbons (Fsp3) is 0.312. The van der Waals surface area contributed by atoms with Gasteiger partial charge in [0, 0.05) is 50.0 Å². The molecule has 3 aromatic carbocycles.